The summed E-state index contributed by atoms with van der Waals surface area (Å²) in [7, 11) is 0. The van der Waals surface area contributed by atoms with Gasteiger partial charge in [-0.3, -0.25) is 4.79 Å². The summed E-state index contributed by atoms with van der Waals surface area (Å²) in [5, 5.41) is 21.4. The van der Waals surface area contributed by atoms with E-state index in [-0.39, 0.29) is 30.3 Å². The molecule has 3 rings (SSSR count). The Balaban J connectivity index is 1.65. The first kappa shape index (κ1) is 25.5. The molecule has 0 aliphatic carbocycles. The molecule has 1 aliphatic rings. The van der Waals surface area contributed by atoms with Crippen LogP contribution in [0, 0.1) is 33.9 Å². The van der Waals surface area contributed by atoms with Crippen molar-refractivity contribution in [3.63, 3.8) is 0 Å². The molecule has 0 saturated carbocycles. The normalized spacial score (nSPS) is 15.4. The van der Waals surface area contributed by atoms with Gasteiger partial charge >= 0.3 is 5.97 Å². The van der Waals surface area contributed by atoms with Crippen molar-refractivity contribution in [2.24, 2.45) is 5.41 Å². The molecule has 34 heavy (non-hydrogen) atoms. The van der Waals surface area contributed by atoms with Crippen molar-refractivity contribution in [1.82, 2.24) is 9.62 Å². The van der Waals surface area contributed by atoms with Crippen LogP contribution in [0.25, 0.3) is 0 Å². The molecule has 1 N–H and O–H groups in total. The number of hydrogen-bond acceptors (Lipinski definition) is 8. The molecule has 8 nitrogen and oxygen atoms in total. The third-order valence-corrected chi connectivity index (χ3v) is 6.83. The van der Waals surface area contributed by atoms with Crippen molar-refractivity contribution in [2.45, 2.75) is 18.2 Å². The van der Waals surface area contributed by atoms with Crippen molar-refractivity contribution < 1.29 is 23.2 Å². The Hall–Kier alpha value is -3.15. The number of nitrogens with one attached hydrogen (secondary N) is 1. The average molecular weight is 485 g/mol. The van der Waals surface area contributed by atoms with Gasteiger partial charge < -0.3 is 19.3 Å². The zero-order valence-electron chi connectivity index (χ0n) is 18.8. The molecule has 178 valence electrons. The monoisotopic (exact) mass is 484 g/mol. The maximum absolute atomic E-state index is 13.9. The first-order valence-electron chi connectivity index (χ1n) is 10.8. The molecular formula is C24H25FN4O4S. The van der Waals surface area contributed by atoms with Crippen LogP contribution < -0.4 is 10.1 Å². The van der Waals surface area contributed by atoms with Crippen LogP contribution in [0.1, 0.15) is 24.5 Å². The van der Waals surface area contributed by atoms with E-state index in [2.05, 4.69) is 11.4 Å². The number of nitriles is 2. The van der Waals surface area contributed by atoms with Gasteiger partial charge in [-0.2, -0.15) is 10.5 Å². The van der Waals surface area contributed by atoms with Gasteiger partial charge in [0.2, 0.25) is 0 Å². The predicted octanol–water partition coefficient (Wildman–Crippen LogP) is 2.52. The second-order valence-electron chi connectivity index (χ2n) is 7.93. The van der Waals surface area contributed by atoms with Crippen LogP contribution in [-0.4, -0.2) is 54.2 Å². The zero-order chi connectivity index (χ0) is 24.6. The Bertz CT molecular complexity index is 1100. The summed E-state index contributed by atoms with van der Waals surface area (Å²) in [6, 6.07) is 14.6. The van der Waals surface area contributed by atoms with Gasteiger partial charge in [0.15, 0.2) is 4.90 Å². The number of carbonyl (C=O) groups is 1. The van der Waals surface area contributed by atoms with Gasteiger partial charge in [-0.15, -0.1) is 4.31 Å². The van der Waals surface area contributed by atoms with Crippen molar-refractivity contribution in [3.05, 3.63) is 59.4 Å². The lowest BCUT2D eigenvalue weighted by molar-refractivity contribution is -0.143. The fourth-order valence-electron chi connectivity index (χ4n) is 3.61. The fourth-order valence-corrected chi connectivity index (χ4v) is 5.17. The van der Waals surface area contributed by atoms with E-state index in [0.29, 0.717) is 43.2 Å². The molecule has 1 heterocycles. The average Bonchev–Trinajstić information content (AvgIpc) is 2.82. The SMILES string of the molecule is CCOC(=O)CCNCC1(COc2ccc(C#N)c(F)c2)CN([S+]([O-])c2ccccc2C#N)C1. The second kappa shape index (κ2) is 11.8. The summed E-state index contributed by atoms with van der Waals surface area (Å²) in [5.74, 6) is -0.666. The second-order valence-corrected chi connectivity index (χ2v) is 9.38. The minimum Gasteiger partial charge on any atom is -0.593 e. The van der Waals surface area contributed by atoms with E-state index >= 15 is 0 Å². The van der Waals surface area contributed by atoms with Crippen molar-refractivity contribution >= 4 is 17.3 Å². The smallest absolute Gasteiger partial charge is 0.307 e. The number of nitrogens with zero attached hydrogens (tertiary/aromatic N) is 3. The highest BCUT2D eigenvalue weighted by atomic mass is 32.2. The van der Waals surface area contributed by atoms with E-state index < -0.39 is 22.6 Å². The molecule has 0 radical (unpaired) electrons. The summed E-state index contributed by atoms with van der Waals surface area (Å²) in [6.07, 6.45) is 0.219. The van der Waals surface area contributed by atoms with Gasteiger partial charge in [0.1, 0.15) is 29.3 Å². The van der Waals surface area contributed by atoms with Gasteiger partial charge in [0, 0.05) is 19.2 Å². The Kier molecular flexibility index (Phi) is 8.85. The molecule has 1 unspecified atom stereocenters. The molecule has 1 fully saturated rings. The summed E-state index contributed by atoms with van der Waals surface area (Å²) in [4.78, 5) is 12.0. The van der Waals surface area contributed by atoms with E-state index in [4.69, 9.17) is 14.7 Å². The molecule has 0 bridgehead atoms. The number of carbonyl (C=O) groups excluding carboxylic acids is 1. The van der Waals surface area contributed by atoms with Gasteiger partial charge in [-0.25, -0.2) is 4.39 Å². The van der Waals surface area contributed by atoms with Gasteiger partial charge in [-0.1, -0.05) is 12.1 Å². The number of benzene rings is 2. The number of halogens is 1. The predicted molar refractivity (Wildman–Crippen MR) is 122 cm³/mol. The molecule has 0 amide bonds. The number of rotatable bonds is 11. The van der Waals surface area contributed by atoms with Gasteiger partial charge in [-0.05, 0) is 31.2 Å². The van der Waals surface area contributed by atoms with Gasteiger partial charge in [0.05, 0.1) is 55.1 Å². The summed E-state index contributed by atoms with van der Waals surface area (Å²) < 4.78 is 39.5. The van der Waals surface area contributed by atoms with Crippen LogP contribution in [-0.2, 0) is 20.9 Å². The number of esters is 1. The maximum Gasteiger partial charge on any atom is 0.307 e. The van der Waals surface area contributed by atoms with Crippen LogP contribution >= 0.6 is 0 Å². The molecule has 1 saturated heterocycles. The summed E-state index contributed by atoms with van der Waals surface area (Å²) >= 11 is -1.52. The van der Waals surface area contributed by atoms with E-state index in [1.807, 2.05) is 0 Å². The topological polar surface area (TPSA) is 121 Å². The Morgan fingerprint density at radius 2 is 1.97 bits per heavy atom. The van der Waals surface area contributed by atoms with Crippen LogP contribution in [0.4, 0.5) is 4.39 Å². The van der Waals surface area contributed by atoms with Crippen molar-refractivity contribution in [1.29, 1.82) is 10.5 Å². The standard InChI is InChI=1S/C24H25FN4O4S/c1-2-32-23(30)9-10-28-14-24(17-33-20-8-7-18(12-26)21(25)11-20)15-29(16-24)34(31)22-6-4-3-5-19(22)13-27/h3-8,11,28H,2,9-10,14-17H2,1H3. The third-order valence-electron chi connectivity index (χ3n) is 5.37. The van der Waals surface area contributed by atoms with Crippen LogP contribution in [0.3, 0.4) is 0 Å². The molecule has 10 heteroatoms. The fraction of sp³-hybridized carbons (Fsp3) is 0.375. The van der Waals surface area contributed by atoms with Crippen LogP contribution in [0.5, 0.6) is 5.75 Å². The molecule has 2 aromatic rings. The highest BCUT2D eigenvalue weighted by molar-refractivity contribution is 7.89. The lowest BCUT2D eigenvalue weighted by atomic mass is 9.82. The highest BCUT2D eigenvalue weighted by Crippen LogP contribution is 2.36. The first-order chi connectivity index (χ1) is 16.4. The first-order valence-corrected chi connectivity index (χ1v) is 11.9. The van der Waals surface area contributed by atoms with E-state index in [1.54, 1.807) is 41.6 Å². The summed E-state index contributed by atoms with van der Waals surface area (Å²) in [6.45, 7) is 3.97. The van der Waals surface area contributed by atoms with E-state index in [1.165, 1.54) is 12.1 Å². The molecular weight excluding hydrogens is 459 g/mol. The quantitative estimate of drug-likeness (QED) is 0.293. The van der Waals surface area contributed by atoms with Gasteiger partial charge in [0.25, 0.3) is 0 Å². The minimum absolute atomic E-state index is 0.0657. The Morgan fingerprint density at radius 3 is 2.65 bits per heavy atom. The molecule has 1 aliphatic heterocycles. The number of hydrogen-bond donors (Lipinski definition) is 1. The molecule has 1 atom stereocenters. The van der Waals surface area contributed by atoms with E-state index in [9.17, 15) is 19.0 Å². The van der Waals surface area contributed by atoms with E-state index in [0.717, 1.165) is 6.07 Å². The third kappa shape index (κ3) is 6.25. The Labute approximate surface area is 201 Å². The minimum atomic E-state index is -1.52. The van der Waals surface area contributed by atoms with Crippen molar-refractivity contribution in [3.8, 4) is 17.9 Å². The zero-order valence-corrected chi connectivity index (χ0v) is 19.6. The lowest BCUT2D eigenvalue weighted by Crippen LogP contribution is -2.64. The maximum atomic E-state index is 13.9. The molecule has 0 spiro atoms. The Morgan fingerprint density at radius 1 is 1.24 bits per heavy atom. The van der Waals surface area contributed by atoms with Crippen molar-refractivity contribution in [2.75, 3.05) is 39.4 Å². The molecule has 0 aromatic heterocycles. The van der Waals surface area contributed by atoms with Crippen LogP contribution in [0.2, 0.25) is 0 Å². The summed E-state index contributed by atoms with van der Waals surface area (Å²) in [5.41, 5.74) is -0.157. The molecule has 2 aromatic carbocycles. The number of ether oxygens (including phenoxy) is 2. The highest BCUT2D eigenvalue weighted by Gasteiger charge is 2.50. The lowest BCUT2D eigenvalue weighted by Gasteiger charge is -2.48. The van der Waals surface area contributed by atoms with Crippen LogP contribution in [0.15, 0.2) is 47.4 Å². The largest absolute Gasteiger partial charge is 0.593 e.